The standard InChI is InChI=1S/C12H16N6O2/c1-7-8(2)15-16-11(10(7)12(19)20)13-5-4-9-14-6-18(3)17-9/h6H,4-5H2,1-3H3,(H,13,16)(H,19,20). The van der Waals surface area contributed by atoms with Crippen LogP contribution in [0.1, 0.15) is 27.4 Å². The van der Waals surface area contributed by atoms with Crippen molar-refractivity contribution in [3.05, 3.63) is 29.0 Å². The molecule has 0 aliphatic carbocycles. The summed E-state index contributed by atoms with van der Waals surface area (Å²) in [7, 11) is 1.79. The van der Waals surface area contributed by atoms with E-state index < -0.39 is 5.97 Å². The van der Waals surface area contributed by atoms with Gasteiger partial charge in [0.15, 0.2) is 11.6 Å². The molecule has 0 radical (unpaired) electrons. The lowest BCUT2D eigenvalue weighted by molar-refractivity contribution is 0.0696. The van der Waals surface area contributed by atoms with Gasteiger partial charge in [0.2, 0.25) is 0 Å². The molecule has 8 nitrogen and oxygen atoms in total. The van der Waals surface area contributed by atoms with E-state index in [9.17, 15) is 9.90 Å². The lowest BCUT2D eigenvalue weighted by Gasteiger charge is -2.10. The van der Waals surface area contributed by atoms with E-state index in [1.165, 1.54) is 0 Å². The summed E-state index contributed by atoms with van der Waals surface area (Å²) in [6, 6.07) is 0. The Hall–Kier alpha value is -2.51. The Labute approximate surface area is 115 Å². The lowest BCUT2D eigenvalue weighted by Crippen LogP contribution is -2.15. The molecule has 0 fully saturated rings. The first-order valence-corrected chi connectivity index (χ1v) is 6.14. The van der Waals surface area contributed by atoms with Crippen LogP contribution in [0.25, 0.3) is 0 Å². The van der Waals surface area contributed by atoms with Crippen molar-refractivity contribution in [3.63, 3.8) is 0 Å². The molecular weight excluding hydrogens is 260 g/mol. The molecule has 0 saturated carbocycles. The maximum absolute atomic E-state index is 11.3. The van der Waals surface area contributed by atoms with E-state index in [-0.39, 0.29) is 11.4 Å². The summed E-state index contributed by atoms with van der Waals surface area (Å²) < 4.78 is 1.62. The zero-order chi connectivity index (χ0) is 14.7. The van der Waals surface area contributed by atoms with Gasteiger partial charge in [-0.25, -0.2) is 9.78 Å². The highest BCUT2D eigenvalue weighted by Crippen LogP contribution is 2.18. The molecule has 106 valence electrons. The number of nitrogens with one attached hydrogen (secondary N) is 1. The average molecular weight is 276 g/mol. The number of carboxylic acid groups (broad SMARTS) is 1. The van der Waals surface area contributed by atoms with Crippen molar-refractivity contribution in [3.8, 4) is 0 Å². The second-order valence-electron chi connectivity index (χ2n) is 4.45. The zero-order valence-electron chi connectivity index (χ0n) is 11.6. The highest BCUT2D eigenvalue weighted by atomic mass is 16.4. The Morgan fingerprint density at radius 1 is 1.40 bits per heavy atom. The summed E-state index contributed by atoms with van der Waals surface area (Å²) in [5, 5.41) is 24.2. The van der Waals surface area contributed by atoms with Gasteiger partial charge in [0.05, 0.1) is 5.69 Å². The van der Waals surface area contributed by atoms with Crippen LogP contribution in [0.4, 0.5) is 5.82 Å². The highest BCUT2D eigenvalue weighted by Gasteiger charge is 2.17. The number of nitrogens with zero attached hydrogens (tertiary/aromatic N) is 5. The van der Waals surface area contributed by atoms with Crippen molar-refractivity contribution in [2.45, 2.75) is 20.3 Å². The fraction of sp³-hybridized carbons (Fsp3) is 0.417. The monoisotopic (exact) mass is 276 g/mol. The van der Waals surface area contributed by atoms with Gasteiger partial charge in [0, 0.05) is 20.0 Å². The molecule has 0 aliphatic rings. The minimum absolute atomic E-state index is 0.159. The number of aromatic nitrogens is 5. The number of aryl methyl sites for hydroxylation is 2. The second kappa shape index (κ2) is 5.64. The molecule has 0 spiro atoms. The second-order valence-corrected chi connectivity index (χ2v) is 4.45. The number of aromatic carboxylic acids is 1. The van der Waals surface area contributed by atoms with Crippen LogP contribution in [0.2, 0.25) is 0 Å². The van der Waals surface area contributed by atoms with Crippen LogP contribution < -0.4 is 5.32 Å². The summed E-state index contributed by atoms with van der Waals surface area (Å²) in [4.78, 5) is 15.4. The normalized spacial score (nSPS) is 10.6. The summed E-state index contributed by atoms with van der Waals surface area (Å²) in [6.07, 6.45) is 2.20. The Kier molecular flexibility index (Phi) is 3.92. The average Bonchev–Trinajstić information content (AvgIpc) is 2.79. The van der Waals surface area contributed by atoms with Crippen LogP contribution in [0.3, 0.4) is 0 Å². The van der Waals surface area contributed by atoms with E-state index in [1.807, 2.05) is 0 Å². The molecule has 0 atom stereocenters. The summed E-state index contributed by atoms with van der Waals surface area (Å²) in [5.74, 6) is -0.0517. The van der Waals surface area contributed by atoms with Crippen molar-refractivity contribution in [2.75, 3.05) is 11.9 Å². The van der Waals surface area contributed by atoms with Crippen molar-refractivity contribution in [1.29, 1.82) is 0 Å². The first-order valence-electron chi connectivity index (χ1n) is 6.14. The molecule has 2 rings (SSSR count). The summed E-state index contributed by atoms with van der Waals surface area (Å²) in [5.41, 5.74) is 1.39. The number of hydrogen-bond acceptors (Lipinski definition) is 6. The van der Waals surface area contributed by atoms with Gasteiger partial charge in [-0.1, -0.05) is 0 Å². The molecule has 20 heavy (non-hydrogen) atoms. The van der Waals surface area contributed by atoms with Crippen molar-refractivity contribution in [1.82, 2.24) is 25.0 Å². The van der Waals surface area contributed by atoms with Gasteiger partial charge in [-0.2, -0.15) is 10.2 Å². The third-order valence-electron chi connectivity index (χ3n) is 2.96. The van der Waals surface area contributed by atoms with Gasteiger partial charge in [-0.05, 0) is 19.4 Å². The minimum Gasteiger partial charge on any atom is -0.478 e. The highest BCUT2D eigenvalue weighted by molar-refractivity contribution is 5.94. The maximum Gasteiger partial charge on any atom is 0.339 e. The Morgan fingerprint density at radius 2 is 2.15 bits per heavy atom. The third kappa shape index (κ3) is 2.90. The molecule has 0 unspecified atom stereocenters. The van der Waals surface area contributed by atoms with Gasteiger partial charge >= 0.3 is 5.97 Å². The number of carboxylic acids is 1. The smallest absolute Gasteiger partial charge is 0.339 e. The van der Waals surface area contributed by atoms with Crippen molar-refractivity contribution >= 4 is 11.8 Å². The van der Waals surface area contributed by atoms with Crippen LogP contribution in [0, 0.1) is 13.8 Å². The number of carbonyl (C=O) groups is 1. The molecule has 2 aromatic rings. The molecule has 0 aliphatic heterocycles. The van der Waals surface area contributed by atoms with Gasteiger partial charge in [-0.15, -0.1) is 5.10 Å². The Bertz CT molecular complexity index is 637. The fourth-order valence-electron chi connectivity index (χ4n) is 1.79. The Morgan fingerprint density at radius 3 is 2.75 bits per heavy atom. The first kappa shape index (κ1) is 13.9. The van der Waals surface area contributed by atoms with E-state index in [1.54, 1.807) is 31.9 Å². The predicted molar refractivity (Wildman–Crippen MR) is 71.7 cm³/mol. The van der Waals surface area contributed by atoms with Crippen LogP contribution in [-0.2, 0) is 13.5 Å². The lowest BCUT2D eigenvalue weighted by atomic mass is 10.1. The molecule has 2 aromatic heterocycles. The molecule has 0 bridgehead atoms. The van der Waals surface area contributed by atoms with Crippen molar-refractivity contribution in [2.24, 2.45) is 7.05 Å². The Balaban J connectivity index is 2.09. The van der Waals surface area contributed by atoms with E-state index in [0.717, 1.165) is 0 Å². The maximum atomic E-state index is 11.3. The largest absolute Gasteiger partial charge is 0.478 e. The molecule has 2 heterocycles. The SMILES string of the molecule is Cc1nnc(NCCc2ncn(C)n2)c(C(=O)O)c1C. The van der Waals surface area contributed by atoms with Gasteiger partial charge in [0.1, 0.15) is 11.9 Å². The topological polar surface area (TPSA) is 106 Å². The third-order valence-corrected chi connectivity index (χ3v) is 2.96. The van der Waals surface area contributed by atoms with Gasteiger partial charge in [-0.3, -0.25) is 4.68 Å². The quantitative estimate of drug-likeness (QED) is 0.822. The number of rotatable bonds is 5. The molecule has 0 saturated heterocycles. The van der Waals surface area contributed by atoms with Gasteiger partial charge in [0.25, 0.3) is 0 Å². The number of hydrogen-bond donors (Lipinski definition) is 2. The van der Waals surface area contributed by atoms with E-state index in [4.69, 9.17) is 0 Å². The summed E-state index contributed by atoms with van der Waals surface area (Å²) in [6.45, 7) is 3.94. The molecular formula is C12H16N6O2. The fourth-order valence-corrected chi connectivity index (χ4v) is 1.79. The van der Waals surface area contributed by atoms with Crippen LogP contribution >= 0.6 is 0 Å². The van der Waals surface area contributed by atoms with Gasteiger partial charge < -0.3 is 10.4 Å². The molecule has 8 heteroatoms. The van der Waals surface area contributed by atoms with Crippen LogP contribution in [-0.4, -0.2) is 42.6 Å². The van der Waals surface area contributed by atoms with E-state index >= 15 is 0 Å². The van der Waals surface area contributed by atoms with E-state index in [0.29, 0.717) is 30.0 Å². The number of anilines is 1. The van der Waals surface area contributed by atoms with Crippen molar-refractivity contribution < 1.29 is 9.90 Å². The van der Waals surface area contributed by atoms with Crippen LogP contribution in [0.5, 0.6) is 0 Å². The van der Waals surface area contributed by atoms with Crippen LogP contribution in [0.15, 0.2) is 6.33 Å². The summed E-state index contributed by atoms with van der Waals surface area (Å²) >= 11 is 0. The molecule has 2 N–H and O–H groups in total. The minimum atomic E-state index is -1.01. The molecule has 0 amide bonds. The predicted octanol–water partition coefficient (Wildman–Crippen LogP) is 0.575. The molecule has 0 aromatic carbocycles. The zero-order valence-corrected chi connectivity index (χ0v) is 11.6. The van der Waals surface area contributed by atoms with E-state index in [2.05, 4.69) is 25.6 Å². The first-order chi connectivity index (χ1) is 9.49.